The molecule has 2 aromatic rings. The van der Waals surface area contributed by atoms with Crippen molar-refractivity contribution >= 4 is 5.91 Å². The molecule has 1 aliphatic carbocycles. The highest BCUT2D eigenvalue weighted by atomic mass is 19.1. The summed E-state index contributed by atoms with van der Waals surface area (Å²) in [6, 6.07) is 13.2. The molecule has 1 saturated heterocycles. The Morgan fingerprint density at radius 1 is 1.16 bits per heavy atom. The predicted molar refractivity (Wildman–Crippen MR) is 139 cm³/mol. The van der Waals surface area contributed by atoms with Gasteiger partial charge in [-0.05, 0) is 63.1 Å². The highest BCUT2D eigenvalue weighted by Gasteiger charge is 2.45. The molecule has 5 atom stereocenters. The number of halogens is 1. The number of rotatable bonds is 10. The third kappa shape index (κ3) is 6.32. The zero-order valence-electron chi connectivity index (χ0n) is 21.5. The number of carbonyl (C=O) groups excluding carboxylic acids is 1. The standard InChI is InChI=1S/C29H39FN2O5/c1-36-16-6-5-14-29(35,23-12-7-13-24(30)27(23)37-22-10-3-2-4-11-22)21-9-8-15-32(19-21)28(34)20-17-25(31)26(33)18-20/h2-4,7,10-13,20-21,25-26,33,35H,5-6,8-9,14-19,31H2,1H3/t20-,21+,25+,26+,29-/m0/s1. The highest BCUT2D eigenvalue weighted by molar-refractivity contribution is 5.79. The van der Waals surface area contributed by atoms with Crippen molar-refractivity contribution in [3.63, 3.8) is 0 Å². The van der Waals surface area contributed by atoms with E-state index >= 15 is 4.39 Å². The number of methoxy groups -OCH3 is 1. The molecule has 2 aliphatic rings. The molecule has 8 heteroatoms. The molecule has 1 heterocycles. The Balaban J connectivity index is 1.63. The number of amides is 1. The van der Waals surface area contributed by atoms with Crippen LogP contribution in [0.15, 0.2) is 48.5 Å². The van der Waals surface area contributed by atoms with Gasteiger partial charge < -0.3 is 30.3 Å². The molecule has 1 aliphatic heterocycles. The third-order valence-electron chi connectivity index (χ3n) is 7.89. The number of piperidine rings is 1. The van der Waals surface area contributed by atoms with Gasteiger partial charge >= 0.3 is 0 Å². The summed E-state index contributed by atoms with van der Waals surface area (Å²) in [4.78, 5) is 15.1. The minimum absolute atomic E-state index is 0.0104. The number of para-hydroxylation sites is 2. The van der Waals surface area contributed by atoms with E-state index in [2.05, 4.69) is 0 Å². The van der Waals surface area contributed by atoms with E-state index < -0.39 is 23.6 Å². The molecule has 1 saturated carbocycles. The molecule has 4 rings (SSSR count). The van der Waals surface area contributed by atoms with E-state index in [1.807, 2.05) is 18.2 Å². The van der Waals surface area contributed by atoms with Gasteiger partial charge in [0.1, 0.15) is 5.75 Å². The maximum Gasteiger partial charge on any atom is 0.225 e. The molecule has 1 amide bonds. The van der Waals surface area contributed by atoms with Crippen molar-refractivity contribution in [2.75, 3.05) is 26.8 Å². The van der Waals surface area contributed by atoms with Crippen LogP contribution >= 0.6 is 0 Å². The van der Waals surface area contributed by atoms with Gasteiger partial charge in [-0.2, -0.15) is 0 Å². The molecular weight excluding hydrogens is 475 g/mol. The largest absolute Gasteiger partial charge is 0.454 e. The van der Waals surface area contributed by atoms with Crippen LogP contribution in [0.4, 0.5) is 4.39 Å². The van der Waals surface area contributed by atoms with E-state index in [1.54, 1.807) is 36.3 Å². The lowest BCUT2D eigenvalue weighted by molar-refractivity contribution is -0.141. The van der Waals surface area contributed by atoms with Crippen LogP contribution in [0.5, 0.6) is 11.5 Å². The molecule has 2 aromatic carbocycles. The van der Waals surface area contributed by atoms with Crippen LogP contribution in [0.25, 0.3) is 0 Å². The lowest BCUT2D eigenvalue weighted by atomic mass is 9.73. The van der Waals surface area contributed by atoms with Crippen molar-refractivity contribution in [2.45, 2.75) is 62.7 Å². The van der Waals surface area contributed by atoms with Gasteiger partial charge in [-0.1, -0.05) is 30.3 Å². The normalized spacial score (nSPS) is 25.6. The van der Waals surface area contributed by atoms with E-state index in [9.17, 15) is 15.0 Å². The molecule has 7 nitrogen and oxygen atoms in total. The first kappa shape index (κ1) is 27.5. The van der Waals surface area contributed by atoms with Gasteiger partial charge in [0.2, 0.25) is 5.91 Å². The number of benzene rings is 2. The SMILES string of the molecule is COCCCC[C@@](O)(c1cccc(F)c1Oc1ccccc1)[C@@H]1CCCN(C(=O)[C@H]2C[C@@H](N)[C@H](O)C2)C1. The quantitative estimate of drug-likeness (QED) is 0.415. The summed E-state index contributed by atoms with van der Waals surface area (Å²) in [6.45, 7) is 1.50. The van der Waals surface area contributed by atoms with Crippen LogP contribution in [0.1, 0.15) is 50.5 Å². The number of nitrogens with two attached hydrogens (primary N) is 1. The molecule has 0 aromatic heterocycles. The second-order valence-corrected chi connectivity index (χ2v) is 10.4. The van der Waals surface area contributed by atoms with E-state index in [-0.39, 0.29) is 23.5 Å². The minimum Gasteiger partial charge on any atom is -0.454 e. The molecule has 37 heavy (non-hydrogen) atoms. The molecule has 0 unspecified atom stereocenters. The molecule has 0 spiro atoms. The van der Waals surface area contributed by atoms with Crippen LogP contribution in [0.2, 0.25) is 0 Å². The number of hydrogen-bond donors (Lipinski definition) is 3. The summed E-state index contributed by atoms with van der Waals surface area (Å²) in [6.07, 6.45) is 3.36. The number of nitrogens with zero attached hydrogens (tertiary/aromatic N) is 1. The Bertz CT molecular complexity index is 1030. The summed E-state index contributed by atoms with van der Waals surface area (Å²) in [5, 5.41) is 22.4. The van der Waals surface area contributed by atoms with Gasteiger partial charge in [-0.15, -0.1) is 0 Å². The van der Waals surface area contributed by atoms with Crippen molar-refractivity contribution in [3.05, 3.63) is 59.9 Å². The summed E-state index contributed by atoms with van der Waals surface area (Å²) in [7, 11) is 1.64. The number of hydrogen-bond acceptors (Lipinski definition) is 6. The lowest BCUT2D eigenvalue weighted by Gasteiger charge is -2.44. The number of ether oxygens (including phenoxy) is 2. The van der Waals surface area contributed by atoms with E-state index in [1.165, 1.54) is 6.07 Å². The van der Waals surface area contributed by atoms with Crippen molar-refractivity contribution in [2.24, 2.45) is 17.6 Å². The molecule has 0 radical (unpaired) electrons. The highest BCUT2D eigenvalue weighted by Crippen LogP contribution is 2.45. The first-order chi connectivity index (χ1) is 17.8. The average Bonchev–Trinajstić information content (AvgIpc) is 3.25. The molecular formula is C29H39FN2O5. The van der Waals surface area contributed by atoms with Gasteiger partial charge in [0.15, 0.2) is 11.6 Å². The fraction of sp³-hybridized carbons (Fsp3) is 0.552. The van der Waals surface area contributed by atoms with Gasteiger partial charge in [-0.25, -0.2) is 4.39 Å². The second kappa shape index (κ2) is 12.3. The van der Waals surface area contributed by atoms with Crippen LogP contribution in [-0.2, 0) is 15.1 Å². The number of aliphatic hydroxyl groups excluding tert-OH is 1. The zero-order chi connectivity index (χ0) is 26.4. The van der Waals surface area contributed by atoms with Crippen LogP contribution in [0, 0.1) is 17.7 Å². The maximum atomic E-state index is 15.2. The monoisotopic (exact) mass is 514 g/mol. The Hall–Kier alpha value is -2.52. The molecule has 2 fully saturated rings. The van der Waals surface area contributed by atoms with E-state index in [4.69, 9.17) is 15.2 Å². The smallest absolute Gasteiger partial charge is 0.225 e. The number of aliphatic hydroxyl groups is 2. The van der Waals surface area contributed by atoms with Gasteiger partial charge in [0.25, 0.3) is 0 Å². The molecule has 0 bridgehead atoms. The maximum absolute atomic E-state index is 15.2. The van der Waals surface area contributed by atoms with Crippen molar-refractivity contribution < 1.29 is 28.9 Å². The predicted octanol–water partition coefficient (Wildman–Crippen LogP) is 3.96. The minimum atomic E-state index is -1.41. The Kier molecular flexibility index (Phi) is 9.18. The Labute approximate surface area is 218 Å². The zero-order valence-corrected chi connectivity index (χ0v) is 21.5. The Morgan fingerprint density at radius 3 is 2.65 bits per heavy atom. The Morgan fingerprint density at radius 2 is 1.95 bits per heavy atom. The summed E-state index contributed by atoms with van der Waals surface area (Å²) in [5.41, 5.74) is 4.94. The first-order valence-corrected chi connectivity index (χ1v) is 13.3. The van der Waals surface area contributed by atoms with Gasteiger partial charge in [0.05, 0.1) is 11.7 Å². The van der Waals surface area contributed by atoms with E-state index in [0.29, 0.717) is 63.1 Å². The fourth-order valence-electron chi connectivity index (χ4n) is 5.83. The molecule has 202 valence electrons. The second-order valence-electron chi connectivity index (χ2n) is 10.4. The summed E-state index contributed by atoms with van der Waals surface area (Å²) < 4.78 is 26.4. The molecule has 4 N–H and O–H groups in total. The van der Waals surface area contributed by atoms with Gasteiger partial charge in [-0.3, -0.25) is 4.79 Å². The number of carbonyl (C=O) groups is 1. The number of likely N-dealkylation sites (tertiary alicyclic amines) is 1. The topological polar surface area (TPSA) is 105 Å². The van der Waals surface area contributed by atoms with Crippen LogP contribution < -0.4 is 10.5 Å². The summed E-state index contributed by atoms with van der Waals surface area (Å²) in [5.74, 6) is -0.714. The third-order valence-corrected chi connectivity index (χ3v) is 7.89. The van der Waals surface area contributed by atoms with Crippen molar-refractivity contribution in [3.8, 4) is 11.5 Å². The van der Waals surface area contributed by atoms with Gasteiger partial charge in [0, 0.05) is 50.2 Å². The first-order valence-electron chi connectivity index (χ1n) is 13.3. The van der Waals surface area contributed by atoms with Crippen LogP contribution in [-0.4, -0.2) is 60.0 Å². The van der Waals surface area contributed by atoms with E-state index in [0.717, 1.165) is 12.8 Å². The average molecular weight is 515 g/mol. The fourth-order valence-corrected chi connectivity index (χ4v) is 5.83. The van der Waals surface area contributed by atoms with Crippen LogP contribution in [0.3, 0.4) is 0 Å². The van der Waals surface area contributed by atoms with Crippen molar-refractivity contribution in [1.29, 1.82) is 0 Å². The number of unbranched alkanes of at least 4 members (excludes halogenated alkanes) is 1. The summed E-state index contributed by atoms with van der Waals surface area (Å²) >= 11 is 0. The lowest BCUT2D eigenvalue weighted by Crippen LogP contribution is -2.49. The van der Waals surface area contributed by atoms with Crippen molar-refractivity contribution in [1.82, 2.24) is 4.90 Å².